The van der Waals surface area contributed by atoms with E-state index in [2.05, 4.69) is 49.3 Å². The van der Waals surface area contributed by atoms with E-state index in [0.29, 0.717) is 22.2 Å². The number of amides is 1. The number of fused-ring (bicyclic) bond motifs is 1. The third kappa shape index (κ3) is 12.5. The lowest BCUT2D eigenvalue weighted by Crippen LogP contribution is -2.29. The summed E-state index contributed by atoms with van der Waals surface area (Å²) >= 11 is 1.11. The molecular weight excluding hydrogens is 568 g/mol. The Kier molecular flexibility index (Phi) is 14.7. The number of ether oxygens (including phenoxy) is 1. The second kappa shape index (κ2) is 17.9. The van der Waals surface area contributed by atoms with Crippen molar-refractivity contribution in [1.29, 1.82) is 0 Å². The molecule has 234 valence electrons. The lowest BCUT2D eigenvalue weighted by Gasteiger charge is -2.09. The third-order valence-electron chi connectivity index (χ3n) is 7.01. The molecular formula is C33H44N2O7S. The standard InChI is InChI=1S/C33H44N2O7S/c1-21(9-6-10-22(2)12-8-14-24(4)16-18-28(36)37)11-7-13-23(3)15-17-25-30(40)27(42-5)19-26-31(25)43-33(35-26)32(41)34-20-29(38)39/h10-11,15-16,19,40H,6-9,12-14,17-18,20H2,1-5H3,(H,34,41)(H,36,37)(H,38,39)/b21-11+,22-10+,23-15+,24-16-. The molecule has 1 aromatic heterocycles. The van der Waals surface area contributed by atoms with Gasteiger partial charge in [-0.05, 0) is 79.1 Å². The highest BCUT2D eigenvalue weighted by Crippen LogP contribution is 2.39. The molecule has 10 heteroatoms. The second-order valence-corrected chi connectivity index (χ2v) is 11.8. The van der Waals surface area contributed by atoms with Gasteiger partial charge in [-0.15, -0.1) is 11.3 Å². The molecule has 1 heterocycles. The Morgan fingerprint density at radius 2 is 1.47 bits per heavy atom. The number of hydrogen-bond donors (Lipinski definition) is 4. The van der Waals surface area contributed by atoms with Crippen molar-refractivity contribution in [2.24, 2.45) is 0 Å². The van der Waals surface area contributed by atoms with E-state index in [1.165, 1.54) is 23.8 Å². The number of aromatic nitrogens is 1. The predicted octanol–water partition coefficient (Wildman–Crippen LogP) is 7.36. The zero-order valence-electron chi connectivity index (χ0n) is 25.8. The molecule has 0 spiro atoms. The molecule has 0 aliphatic heterocycles. The van der Waals surface area contributed by atoms with Crippen LogP contribution >= 0.6 is 11.3 Å². The first-order valence-electron chi connectivity index (χ1n) is 14.4. The van der Waals surface area contributed by atoms with Gasteiger partial charge in [0.2, 0.25) is 0 Å². The van der Waals surface area contributed by atoms with Gasteiger partial charge in [-0.3, -0.25) is 14.4 Å². The average molecular weight is 613 g/mol. The van der Waals surface area contributed by atoms with Crippen LogP contribution in [0.5, 0.6) is 11.5 Å². The Morgan fingerprint density at radius 3 is 2.05 bits per heavy atom. The maximum absolute atomic E-state index is 12.4. The highest BCUT2D eigenvalue weighted by molar-refractivity contribution is 7.20. The minimum absolute atomic E-state index is 0.00377. The fourth-order valence-corrected chi connectivity index (χ4v) is 5.47. The third-order valence-corrected chi connectivity index (χ3v) is 8.14. The molecule has 0 fully saturated rings. The van der Waals surface area contributed by atoms with Crippen LogP contribution in [0.4, 0.5) is 0 Å². The topological polar surface area (TPSA) is 146 Å². The lowest BCUT2D eigenvalue weighted by atomic mass is 10.0. The number of nitrogens with zero attached hydrogens (tertiary/aromatic N) is 1. The Labute approximate surface area is 257 Å². The van der Waals surface area contributed by atoms with Crippen LogP contribution in [0.1, 0.15) is 94.4 Å². The summed E-state index contributed by atoms with van der Waals surface area (Å²) in [6.45, 7) is 7.84. The Bertz CT molecular complexity index is 1420. The zero-order valence-corrected chi connectivity index (χ0v) is 26.6. The number of hydrogen-bond acceptors (Lipinski definition) is 7. The van der Waals surface area contributed by atoms with Crippen LogP contribution in [0.3, 0.4) is 0 Å². The number of rotatable bonds is 18. The van der Waals surface area contributed by atoms with Crippen molar-refractivity contribution >= 4 is 39.4 Å². The Hall–Kier alpha value is -3.92. The summed E-state index contributed by atoms with van der Waals surface area (Å²) in [4.78, 5) is 38.1. The quantitative estimate of drug-likeness (QED) is 0.128. The zero-order chi connectivity index (χ0) is 31.9. The number of allylic oxidation sites excluding steroid dienone is 7. The van der Waals surface area contributed by atoms with E-state index in [4.69, 9.17) is 14.9 Å². The van der Waals surface area contributed by atoms with Gasteiger partial charge in [-0.25, -0.2) is 4.98 Å². The molecule has 43 heavy (non-hydrogen) atoms. The molecule has 9 nitrogen and oxygen atoms in total. The fraction of sp³-hybridized carbons (Fsp3) is 0.455. The molecule has 0 atom stereocenters. The van der Waals surface area contributed by atoms with E-state index in [-0.39, 0.29) is 22.9 Å². The number of phenolic OH excluding ortho intramolecular Hbond substituents is 1. The van der Waals surface area contributed by atoms with E-state index < -0.39 is 24.4 Å². The summed E-state index contributed by atoms with van der Waals surface area (Å²) in [5.41, 5.74) is 6.13. The summed E-state index contributed by atoms with van der Waals surface area (Å²) in [5, 5.41) is 30.8. The number of phenols is 1. The number of methoxy groups -OCH3 is 1. The minimum atomic E-state index is -1.14. The fourth-order valence-electron chi connectivity index (χ4n) is 4.45. The average Bonchev–Trinajstić information content (AvgIpc) is 3.38. The van der Waals surface area contributed by atoms with Crippen molar-refractivity contribution in [1.82, 2.24) is 10.3 Å². The summed E-state index contributed by atoms with van der Waals surface area (Å²) in [6.07, 6.45) is 15.7. The van der Waals surface area contributed by atoms with E-state index in [1.807, 2.05) is 6.92 Å². The van der Waals surface area contributed by atoms with Gasteiger partial charge in [-0.1, -0.05) is 46.6 Å². The number of carboxylic acid groups (broad SMARTS) is 2. The van der Waals surface area contributed by atoms with Gasteiger partial charge in [0.15, 0.2) is 16.5 Å². The van der Waals surface area contributed by atoms with Gasteiger partial charge in [0, 0.05) is 11.6 Å². The number of thiazole rings is 1. The molecule has 1 amide bonds. The molecule has 2 rings (SSSR count). The smallest absolute Gasteiger partial charge is 0.322 e. The van der Waals surface area contributed by atoms with Crippen molar-refractivity contribution in [3.63, 3.8) is 0 Å². The SMILES string of the molecule is COc1cc2nc(C(=O)NCC(=O)O)sc2c(C/C=C(\C)CC/C=C(\C)CC/C=C(\C)CCC/C(C)=C\CC(=O)O)c1O. The maximum Gasteiger partial charge on any atom is 0.322 e. The highest BCUT2D eigenvalue weighted by atomic mass is 32.1. The predicted molar refractivity (Wildman–Crippen MR) is 171 cm³/mol. The number of carbonyl (C=O) groups is 3. The molecule has 0 bridgehead atoms. The van der Waals surface area contributed by atoms with Crippen molar-refractivity contribution < 1.29 is 34.4 Å². The molecule has 2 aromatic rings. The molecule has 0 aliphatic rings. The summed E-state index contributed by atoms with van der Waals surface area (Å²) in [5.74, 6) is -2.25. The van der Waals surface area contributed by atoms with E-state index in [1.54, 1.807) is 12.1 Å². The van der Waals surface area contributed by atoms with Crippen molar-refractivity contribution in [2.75, 3.05) is 13.7 Å². The van der Waals surface area contributed by atoms with Gasteiger partial charge in [0.25, 0.3) is 5.91 Å². The molecule has 1 aromatic carbocycles. The van der Waals surface area contributed by atoms with Crippen LogP contribution in [0, 0.1) is 0 Å². The van der Waals surface area contributed by atoms with E-state index in [0.717, 1.165) is 61.9 Å². The van der Waals surface area contributed by atoms with Crippen LogP contribution in [0.2, 0.25) is 0 Å². The van der Waals surface area contributed by atoms with Gasteiger partial charge >= 0.3 is 11.9 Å². The first-order valence-corrected chi connectivity index (χ1v) is 15.3. The van der Waals surface area contributed by atoms with Gasteiger partial charge < -0.3 is 25.4 Å². The van der Waals surface area contributed by atoms with Gasteiger partial charge in [0.1, 0.15) is 6.54 Å². The Balaban J connectivity index is 1.91. The molecule has 0 unspecified atom stereocenters. The van der Waals surface area contributed by atoms with Crippen LogP contribution in [-0.2, 0) is 16.0 Å². The molecule has 0 aliphatic carbocycles. The van der Waals surface area contributed by atoms with Crippen molar-refractivity contribution in [3.05, 3.63) is 63.2 Å². The van der Waals surface area contributed by atoms with Crippen molar-refractivity contribution in [2.45, 2.75) is 85.5 Å². The first kappa shape index (κ1) is 35.3. The number of nitrogens with one attached hydrogen (secondary N) is 1. The van der Waals surface area contributed by atoms with Crippen LogP contribution in [0.25, 0.3) is 10.2 Å². The van der Waals surface area contributed by atoms with E-state index >= 15 is 0 Å². The second-order valence-electron chi connectivity index (χ2n) is 10.8. The monoisotopic (exact) mass is 612 g/mol. The highest BCUT2D eigenvalue weighted by Gasteiger charge is 2.20. The summed E-state index contributed by atoms with van der Waals surface area (Å²) in [7, 11) is 1.45. The molecule has 0 radical (unpaired) electrons. The number of carboxylic acids is 2. The summed E-state index contributed by atoms with van der Waals surface area (Å²) in [6, 6.07) is 1.57. The number of aliphatic carboxylic acids is 2. The minimum Gasteiger partial charge on any atom is -0.504 e. The van der Waals surface area contributed by atoms with Crippen LogP contribution in [0.15, 0.2) is 52.7 Å². The molecule has 4 N–H and O–H groups in total. The maximum atomic E-state index is 12.4. The molecule has 0 saturated heterocycles. The molecule has 0 saturated carbocycles. The summed E-state index contributed by atoms with van der Waals surface area (Å²) < 4.78 is 5.97. The number of aromatic hydroxyl groups is 1. The largest absolute Gasteiger partial charge is 0.504 e. The normalized spacial score (nSPS) is 13.0. The first-order chi connectivity index (χ1) is 20.4. The lowest BCUT2D eigenvalue weighted by molar-refractivity contribution is -0.136. The van der Waals surface area contributed by atoms with Crippen molar-refractivity contribution in [3.8, 4) is 11.5 Å². The number of carbonyl (C=O) groups excluding carboxylic acids is 1. The Morgan fingerprint density at radius 1 is 0.884 bits per heavy atom. The van der Waals surface area contributed by atoms with Gasteiger partial charge in [0.05, 0.1) is 23.7 Å². The number of benzene rings is 1. The van der Waals surface area contributed by atoms with E-state index in [9.17, 15) is 19.5 Å². The van der Waals surface area contributed by atoms with Gasteiger partial charge in [-0.2, -0.15) is 0 Å². The van der Waals surface area contributed by atoms with Crippen LogP contribution in [-0.4, -0.2) is 51.8 Å². The van der Waals surface area contributed by atoms with Crippen LogP contribution < -0.4 is 10.1 Å².